The Balaban J connectivity index is 0.00000220. The van der Waals surface area contributed by atoms with Crippen molar-refractivity contribution in [1.29, 1.82) is 0 Å². The number of hydrogen-bond acceptors (Lipinski definition) is 4. The molecule has 1 saturated carbocycles. The standard InChI is InChI=1S/C15H25N3OS.ClH/c1-2-13(15-17-8-9-20-15)18-14(19)12(16)10-11-6-4-3-5-7-11;/h8-9,11-13H,2-7,10,16H2,1H3,(H,18,19);1H. The number of hydrogen-bond donors (Lipinski definition) is 2. The minimum Gasteiger partial charge on any atom is -0.346 e. The molecule has 6 heteroatoms. The predicted octanol–water partition coefficient (Wildman–Crippen LogP) is 3.43. The smallest absolute Gasteiger partial charge is 0.237 e. The Morgan fingerprint density at radius 3 is 2.76 bits per heavy atom. The van der Waals surface area contributed by atoms with Crippen molar-refractivity contribution in [3.8, 4) is 0 Å². The summed E-state index contributed by atoms with van der Waals surface area (Å²) in [6.07, 6.45) is 9.80. The van der Waals surface area contributed by atoms with E-state index in [1.165, 1.54) is 32.1 Å². The molecule has 2 rings (SSSR count). The van der Waals surface area contributed by atoms with Gasteiger partial charge in [-0.15, -0.1) is 23.7 Å². The van der Waals surface area contributed by atoms with Gasteiger partial charge in [0.25, 0.3) is 0 Å². The number of carbonyl (C=O) groups is 1. The summed E-state index contributed by atoms with van der Waals surface area (Å²) in [5, 5.41) is 5.94. The van der Waals surface area contributed by atoms with Crippen molar-refractivity contribution < 1.29 is 4.79 Å². The Morgan fingerprint density at radius 2 is 2.19 bits per heavy atom. The van der Waals surface area contributed by atoms with E-state index >= 15 is 0 Å². The Labute approximate surface area is 137 Å². The number of halogens is 1. The lowest BCUT2D eigenvalue weighted by Crippen LogP contribution is -2.43. The molecule has 1 aromatic heterocycles. The zero-order valence-corrected chi connectivity index (χ0v) is 14.2. The zero-order valence-electron chi connectivity index (χ0n) is 12.6. The topological polar surface area (TPSA) is 68.0 Å². The predicted molar refractivity (Wildman–Crippen MR) is 89.7 cm³/mol. The van der Waals surface area contributed by atoms with Gasteiger partial charge in [0, 0.05) is 11.6 Å². The van der Waals surface area contributed by atoms with Gasteiger partial charge in [-0.3, -0.25) is 4.79 Å². The van der Waals surface area contributed by atoms with Crippen molar-refractivity contribution in [2.45, 2.75) is 64.0 Å². The van der Waals surface area contributed by atoms with Crippen LogP contribution in [0.3, 0.4) is 0 Å². The molecule has 1 aliphatic carbocycles. The third-order valence-electron chi connectivity index (χ3n) is 4.12. The van der Waals surface area contributed by atoms with Gasteiger partial charge in [-0.25, -0.2) is 4.98 Å². The van der Waals surface area contributed by atoms with Gasteiger partial charge in [-0.2, -0.15) is 0 Å². The Hall–Kier alpha value is -0.650. The van der Waals surface area contributed by atoms with E-state index in [0.29, 0.717) is 5.92 Å². The fourth-order valence-electron chi connectivity index (χ4n) is 2.91. The lowest BCUT2D eigenvalue weighted by molar-refractivity contribution is -0.123. The first kappa shape index (κ1) is 18.4. The second-order valence-corrected chi connectivity index (χ2v) is 6.61. The van der Waals surface area contributed by atoms with Gasteiger partial charge in [-0.05, 0) is 18.8 Å². The third-order valence-corrected chi connectivity index (χ3v) is 5.01. The van der Waals surface area contributed by atoms with E-state index in [1.54, 1.807) is 17.5 Å². The summed E-state index contributed by atoms with van der Waals surface area (Å²) >= 11 is 1.58. The molecule has 1 fully saturated rings. The van der Waals surface area contributed by atoms with Crippen LogP contribution in [0.4, 0.5) is 0 Å². The Morgan fingerprint density at radius 1 is 1.48 bits per heavy atom. The molecule has 2 unspecified atom stereocenters. The minimum atomic E-state index is -0.382. The van der Waals surface area contributed by atoms with Gasteiger partial charge >= 0.3 is 0 Å². The number of carbonyl (C=O) groups excluding carboxylic acids is 1. The molecule has 0 spiro atoms. The Bertz CT molecular complexity index is 407. The number of thiazole rings is 1. The molecule has 0 aromatic carbocycles. The summed E-state index contributed by atoms with van der Waals surface area (Å²) in [4.78, 5) is 16.5. The molecule has 4 nitrogen and oxygen atoms in total. The monoisotopic (exact) mass is 331 g/mol. The molecule has 1 heterocycles. The largest absolute Gasteiger partial charge is 0.346 e. The first-order chi connectivity index (χ1) is 9.70. The van der Waals surface area contributed by atoms with E-state index in [0.717, 1.165) is 17.8 Å². The van der Waals surface area contributed by atoms with Crippen LogP contribution in [0.25, 0.3) is 0 Å². The Kier molecular flexibility index (Phi) is 8.22. The third kappa shape index (κ3) is 5.57. The van der Waals surface area contributed by atoms with E-state index < -0.39 is 0 Å². The molecule has 0 radical (unpaired) electrons. The molecule has 1 aromatic rings. The number of rotatable bonds is 6. The van der Waals surface area contributed by atoms with Gasteiger partial charge in [-0.1, -0.05) is 39.0 Å². The van der Waals surface area contributed by atoms with E-state index in [9.17, 15) is 4.79 Å². The van der Waals surface area contributed by atoms with Crippen LogP contribution in [-0.2, 0) is 4.79 Å². The van der Waals surface area contributed by atoms with Crippen molar-refractivity contribution in [3.05, 3.63) is 16.6 Å². The molecule has 0 bridgehead atoms. The van der Waals surface area contributed by atoms with Crippen LogP contribution in [0.15, 0.2) is 11.6 Å². The summed E-state index contributed by atoms with van der Waals surface area (Å²) in [7, 11) is 0. The van der Waals surface area contributed by atoms with Gasteiger partial charge in [0.2, 0.25) is 5.91 Å². The molecule has 21 heavy (non-hydrogen) atoms. The van der Waals surface area contributed by atoms with Crippen molar-refractivity contribution in [2.75, 3.05) is 0 Å². The minimum absolute atomic E-state index is 0. The molecule has 3 N–H and O–H groups in total. The fraction of sp³-hybridized carbons (Fsp3) is 0.733. The quantitative estimate of drug-likeness (QED) is 0.839. The SMILES string of the molecule is CCC(NC(=O)C(N)CC1CCCCC1)c1nccs1.Cl. The van der Waals surface area contributed by atoms with Crippen LogP contribution < -0.4 is 11.1 Å². The molecule has 1 aliphatic rings. The molecule has 2 atom stereocenters. The van der Waals surface area contributed by atoms with Gasteiger partial charge in [0.1, 0.15) is 5.01 Å². The van der Waals surface area contributed by atoms with Gasteiger partial charge in [0.15, 0.2) is 0 Å². The highest BCUT2D eigenvalue weighted by atomic mass is 35.5. The highest BCUT2D eigenvalue weighted by molar-refractivity contribution is 7.09. The maximum atomic E-state index is 12.2. The molecular weight excluding hydrogens is 306 g/mol. The highest BCUT2D eigenvalue weighted by Crippen LogP contribution is 2.27. The van der Waals surface area contributed by atoms with Crippen molar-refractivity contribution >= 4 is 29.7 Å². The van der Waals surface area contributed by atoms with Crippen LogP contribution in [-0.4, -0.2) is 16.9 Å². The summed E-state index contributed by atoms with van der Waals surface area (Å²) < 4.78 is 0. The first-order valence-electron chi connectivity index (χ1n) is 7.66. The zero-order chi connectivity index (χ0) is 14.4. The van der Waals surface area contributed by atoms with Crippen molar-refractivity contribution in [3.63, 3.8) is 0 Å². The first-order valence-corrected chi connectivity index (χ1v) is 8.54. The fourth-order valence-corrected chi connectivity index (χ4v) is 3.69. The van der Waals surface area contributed by atoms with Gasteiger partial charge < -0.3 is 11.1 Å². The van der Waals surface area contributed by atoms with E-state index in [1.807, 2.05) is 5.38 Å². The van der Waals surface area contributed by atoms with Crippen LogP contribution >= 0.6 is 23.7 Å². The average Bonchev–Trinajstić information content (AvgIpc) is 2.99. The molecule has 0 saturated heterocycles. The summed E-state index contributed by atoms with van der Waals surface area (Å²) in [6.45, 7) is 2.05. The average molecular weight is 332 g/mol. The second-order valence-electron chi connectivity index (χ2n) is 5.69. The van der Waals surface area contributed by atoms with Crippen LogP contribution in [0.5, 0.6) is 0 Å². The lowest BCUT2D eigenvalue weighted by atomic mass is 9.85. The van der Waals surface area contributed by atoms with Crippen LogP contribution in [0.1, 0.15) is 62.9 Å². The normalized spacial score (nSPS) is 18.6. The van der Waals surface area contributed by atoms with Crippen LogP contribution in [0, 0.1) is 5.92 Å². The summed E-state index contributed by atoms with van der Waals surface area (Å²) in [5.41, 5.74) is 6.08. The molecule has 120 valence electrons. The highest BCUT2D eigenvalue weighted by Gasteiger charge is 2.23. The molecule has 1 amide bonds. The van der Waals surface area contributed by atoms with Gasteiger partial charge in [0.05, 0.1) is 12.1 Å². The number of nitrogens with one attached hydrogen (secondary N) is 1. The van der Waals surface area contributed by atoms with E-state index in [2.05, 4.69) is 17.2 Å². The molecule has 0 aliphatic heterocycles. The summed E-state index contributed by atoms with van der Waals surface area (Å²) in [6, 6.07) is -0.382. The second kappa shape index (κ2) is 9.38. The maximum absolute atomic E-state index is 12.2. The number of aromatic nitrogens is 1. The maximum Gasteiger partial charge on any atom is 0.237 e. The summed E-state index contributed by atoms with van der Waals surface area (Å²) in [5.74, 6) is 0.599. The molecular formula is C15H26ClN3OS. The lowest BCUT2D eigenvalue weighted by Gasteiger charge is -2.25. The van der Waals surface area contributed by atoms with Crippen molar-refractivity contribution in [2.24, 2.45) is 11.7 Å². The number of nitrogens with zero attached hydrogens (tertiary/aromatic N) is 1. The van der Waals surface area contributed by atoms with Crippen LogP contribution in [0.2, 0.25) is 0 Å². The number of amides is 1. The number of nitrogens with two attached hydrogens (primary N) is 1. The van der Waals surface area contributed by atoms with Crippen molar-refractivity contribution in [1.82, 2.24) is 10.3 Å². The van der Waals surface area contributed by atoms with E-state index in [4.69, 9.17) is 5.73 Å². The van der Waals surface area contributed by atoms with E-state index in [-0.39, 0.29) is 30.4 Å².